The van der Waals surface area contributed by atoms with Crippen molar-refractivity contribution in [3.05, 3.63) is 35.9 Å². The minimum Gasteiger partial charge on any atom is -0.455 e. The van der Waals surface area contributed by atoms with Crippen molar-refractivity contribution < 1.29 is 18.3 Å². The molecule has 0 aliphatic carbocycles. The van der Waals surface area contributed by atoms with E-state index in [0.29, 0.717) is 29.8 Å². The number of thiocarbonyl (C=S) groups is 1. The Hall–Kier alpha value is -1.64. The summed E-state index contributed by atoms with van der Waals surface area (Å²) < 4.78 is 42.0. The van der Waals surface area contributed by atoms with Crippen LogP contribution < -0.4 is 14.7 Å². The predicted octanol–water partition coefficient (Wildman–Crippen LogP) is 5.77. The Morgan fingerprint density at radius 3 is 2.39 bits per heavy atom. The zero-order valence-electron chi connectivity index (χ0n) is 16.6. The lowest BCUT2D eigenvalue weighted by molar-refractivity contribution is 0.357. The highest BCUT2D eigenvalue weighted by molar-refractivity contribution is 7.99. The van der Waals surface area contributed by atoms with E-state index in [4.69, 9.17) is 21.7 Å². The molecule has 28 heavy (non-hydrogen) atoms. The molecule has 1 aliphatic heterocycles. The number of benzene rings is 2. The van der Waals surface area contributed by atoms with Gasteiger partial charge in [0.15, 0.2) is 11.6 Å². The van der Waals surface area contributed by atoms with Crippen molar-refractivity contribution in [1.82, 2.24) is 4.90 Å². The lowest BCUT2D eigenvalue weighted by Crippen LogP contribution is -2.43. The highest BCUT2D eigenvalue weighted by atomic mass is 32.2. The van der Waals surface area contributed by atoms with E-state index in [0.717, 1.165) is 4.90 Å². The van der Waals surface area contributed by atoms with Gasteiger partial charge in [-0.15, -0.1) is 0 Å². The van der Waals surface area contributed by atoms with Crippen LogP contribution in [0.5, 0.6) is 17.2 Å². The fourth-order valence-electron chi connectivity index (χ4n) is 3.06. The van der Waals surface area contributed by atoms with E-state index in [2.05, 4.69) is 0 Å². The van der Waals surface area contributed by atoms with Crippen LogP contribution in [-0.2, 0) is 0 Å². The molecular weight excluding hydrogens is 416 g/mol. The summed E-state index contributed by atoms with van der Waals surface area (Å²) in [6, 6.07) is 7.34. The Bertz CT molecular complexity index is 927. The summed E-state index contributed by atoms with van der Waals surface area (Å²) in [4.78, 5) is 2.70. The Morgan fingerprint density at radius 1 is 1.14 bits per heavy atom. The van der Waals surface area contributed by atoms with Crippen LogP contribution >= 0.6 is 24.0 Å². The molecule has 0 radical (unpaired) electrons. The first kappa shape index (κ1) is 21.1. The van der Waals surface area contributed by atoms with Crippen LogP contribution in [0.25, 0.3) is 0 Å². The molecule has 1 aliphatic rings. The van der Waals surface area contributed by atoms with Crippen molar-refractivity contribution in [3.63, 3.8) is 0 Å². The van der Waals surface area contributed by atoms with Crippen LogP contribution in [-0.4, -0.2) is 31.2 Å². The number of ether oxygens (including phenoxy) is 2. The standard InChI is InChI=1S/C20H23F2NO2S2Si/c1-6-23(7-2)20(26)25-16-14(21)15(22)18-17(19(16)28(3,4)5)24-12-10-8-9-11-13(12)27-18/h8-11H,6-7H2,1-5H3. The summed E-state index contributed by atoms with van der Waals surface area (Å²) in [5.74, 6) is -1.15. The molecule has 2 aromatic rings. The first-order valence-electron chi connectivity index (χ1n) is 9.15. The summed E-state index contributed by atoms with van der Waals surface area (Å²) in [6.45, 7) is 11.2. The van der Waals surface area contributed by atoms with Gasteiger partial charge < -0.3 is 14.4 Å². The highest BCUT2D eigenvalue weighted by Gasteiger charge is 2.37. The number of fused-ring (bicyclic) bond motifs is 2. The molecule has 3 rings (SSSR count). The minimum absolute atomic E-state index is 0.131. The summed E-state index contributed by atoms with van der Waals surface area (Å²) >= 11 is 6.52. The topological polar surface area (TPSA) is 21.7 Å². The van der Waals surface area contributed by atoms with Gasteiger partial charge in [0.25, 0.3) is 5.17 Å². The van der Waals surface area contributed by atoms with Crippen LogP contribution in [0.15, 0.2) is 34.1 Å². The molecule has 0 atom stereocenters. The number of rotatable bonds is 4. The Labute approximate surface area is 175 Å². The van der Waals surface area contributed by atoms with Crippen molar-refractivity contribution in [2.45, 2.75) is 43.3 Å². The zero-order chi connectivity index (χ0) is 20.6. The SMILES string of the molecule is CCN(CC)C(=S)Oc1c(F)c(F)c2c(c1[Si](C)(C)C)Oc1ccccc1S2. The molecule has 0 saturated carbocycles. The smallest absolute Gasteiger partial charge is 0.264 e. The van der Waals surface area contributed by atoms with Gasteiger partial charge in [-0.1, -0.05) is 43.5 Å². The molecule has 0 unspecified atom stereocenters. The summed E-state index contributed by atoms with van der Waals surface area (Å²) in [5.41, 5.74) is 0. The number of para-hydroxylation sites is 1. The average Bonchev–Trinajstić information content (AvgIpc) is 2.64. The molecule has 150 valence electrons. The van der Waals surface area contributed by atoms with Gasteiger partial charge in [0, 0.05) is 18.3 Å². The third kappa shape index (κ3) is 3.77. The maximum Gasteiger partial charge on any atom is 0.264 e. The van der Waals surface area contributed by atoms with E-state index >= 15 is 8.78 Å². The Balaban J connectivity index is 2.19. The molecular formula is C20H23F2NO2S2Si. The maximum absolute atomic E-state index is 15.2. The third-order valence-corrected chi connectivity index (χ3v) is 7.91. The molecule has 0 fully saturated rings. The molecule has 0 aromatic heterocycles. The lowest BCUT2D eigenvalue weighted by Gasteiger charge is -2.30. The van der Waals surface area contributed by atoms with Gasteiger partial charge in [0.2, 0.25) is 5.82 Å². The van der Waals surface area contributed by atoms with Crippen molar-refractivity contribution in [3.8, 4) is 17.2 Å². The molecule has 0 amide bonds. The highest BCUT2D eigenvalue weighted by Crippen LogP contribution is 2.50. The van der Waals surface area contributed by atoms with Crippen molar-refractivity contribution in [1.29, 1.82) is 0 Å². The van der Waals surface area contributed by atoms with E-state index < -0.39 is 19.7 Å². The van der Waals surface area contributed by atoms with Gasteiger partial charge in [-0.25, -0.2) is 4.39 Å². The summed E-state index contributed by atoms with van der Waals surface area (Å²) in [6.07, 6.45) is 0. The monoisotopic (exact) mass is 439 g/mol. The maximum atomic E-state index is 15.2. The van der Waals surface area contributed by atoms with Crippen LogP contribution in [0.4, 0.5) is 8.78 Å². The summed E-state index contributed by atoms with van der Waals surface area (Å²) in [7, 11) is -2.20. The van der Waals surface area contributed by atoms with Gasteiger partial charge in [-0.2, -0.15) is 4.39 Å². The quantitative estimate of drug-likeness (QED) is 0.379. The van der Waals surface area contributed by atoms with Gasteiger partial charge in [0.05, 0.1) is 17.9 Å². The first-order chi connectivity index (χ1) is 13.2. The molecule has 1 heterocycles. The number of hydrogen-bond donors (Lipinski definition) is 0. The van der Waals surface area contributed by atoms with Crippen molar-refractivity contribution in [2.75, 3.05) is 13.1 Å². The molecule has 0 spiro atoms. The van der Waals surface area contributed by atoms with E-state index in [9.17, 15) is 0 Å². The normalized spacial score (nSPS) is 12.7. The van der Waals surface area contributed by atoms with Crippen LogP contribution in [0.3, 0.4) is 0 Å². The summed E-state index contributed by atoms with van der Waals surface area (Å²) in [5, 5.41) is 0.726. The Morgan fingerprint density at radius 2 is 1.79 bits per heavy atom. The average molecular weight is 440 g/mol. The Kier molecular flexibility index (Phi) is 6.02. The number of hydrogen-bond acceptors (Lipinski definition) is 4. The number of nitrogens with zero attached hydrogens (tertiary/aromatic N) is 1. The van der Waals surface area contributed by atoms with Crippen LogP contribution in [0.1, 0.15) is 13.8 Å². The fourth-order valence-corrected chi connectivity index (χ4v) is 6.19. The van der Waals surface area contributed by atoms with E-state index in [1.807, 2.05) is 57.8 Å². The number of halogens is 2. The van der Waals surface area contributed by atoms with Crippen LogP contribution in [0, 0.1) is 11.6 Å². The molecule has 3 nitrogen and oxygen atoms in total. The largest absolute Gasteiger partial charge is 0.455 e. The predicted molar refractivity (Wildman–Crippen MR) is 116 cm³/mol. The lowest BCUT2D eigenvalue weighted by atomic mass is 10.2. The fraction of sp³-hybridized carbons (Fsp3) is 0.350. The van der Waals surface area contributed by atoms with Crippen molar-refractivity contribution in [2.24, 2.45) is 0 Å². The molecule has 8 heteroatoms. The molecule has 0 bridgehead atoms. The molecule has 2 aromatic carbocycles. The van der Waals surface area contributed by atoms with Gasteiger partial charge in [-0.3, -0.25) is 0 Å². The second-order valence-corrected chi connectivity index (χ2v) is 13.8. The van der Waals surface area contributed by atoms with E-state index in [1.54, 1.807) is 4.90 Å². The van der Waals surface area contributed by atoms with E-state index in [-0.39, 0.29) is 15.8 Å². The van der Waals surface area contributed by atoms with Crippen LogP contribution in [0.2, 0.25) is 19.6 Å². The van der Waals surface area contributed by atoms with E-state index in [1.165, 1.54) is 11.8 Å². The second-order valence-electron chi connectivity index (χ2n) is 7.43. The minimum atomic E-state index is -2.20. The first-order valence-corrected chi connectivity index (χ1v) is 13.9. The van der Waals surface area contributed by atoms with Crippen molar-refractivity contribution >= 4 is 42.4 Å². The van der Waals surface area contributed by atoms with Gasteiger partial charge in [0.1, 0.15) is 11.5 Å². The van der Waals surface area contributed by atoms with Gasteiger partial charge in [-0.05, 0) is 38.2 Å². The molecule has 0 N–H and O–H groups in total. The zero-order valence-corrected chi connectivity index (χ0v) is 19.2. The third-order valence-electron chi connectivity index (χ3n) is 4.49. The van der Waals surface area contributed by atoms with Gasteiger partial charge >= 0.3 is 0 Å². The second kappa shape index (κ2) is 8.00. The molecule has 0 saturated heterocycles.